The quantitative estimate of drug-likeness (QED) is 0.672. The van der Waals surface area contributed by atoms with Crippen LogP contribution in [0.4, 0.5) is 0 Å². The van der Waals surface area contributed by atoms with Crippen molar-refractivity contribution in [2.45, 2.75) is 17.4 Å². The van der Waals surface area contributed by atoms with Gasteiger partial charge in [0, 0.05) is 6.42 Å². The molecule has 0 fully saturated rings. The number of sulfonamides is 1. The number of nitrogens with zero attached hydrogens (tertiary/aromatic N) is 2. The Bertz CT molecular complexity index is 1060. The van der Waals surface area contributed by atoms with Crippen LogP contribution in [0.5, 0.6) is 5.75 Å². The smallest absolute Gasteiger partial charge is 0.279 e. The second kappa shape index (κ2) is 6.92. The second-order valence-corrected chi connectivity index (χ2v) is 7.91. The molecule has 0 bridgehead atoms. The molecule has 0 saturated heterocycles. The number of hydrazone groups is 1. The summed E-state index contributed by atoms with van der Waals surface area (Å²) in [6, 6.07) is 18.7. The number of hydrogen-bond donors (Lipinski definition) is 0. The van der Waals surface area contributed by atoms with Crippen LogP contribution in [-0.2, 0) is 10.0 Å². The molecule has 2 aromatic carbocycles. The van der Waals surface area contributed by atoms with Crippen LogP contribution in [-0.4, -0.2) is 25.7 Å². The zero-order chi connectivity index (χ0) is 18.9. The Balaban J connectivity index is 1.80. The first-order valence-electron chi connectivity index (χ1n) is 8.44. The van der Waals surface area contributed by atoms with Gasteiger partial charge >= 0.3 is 0 Å². The van der Waals surface area contributed by atoms with Gasteiger partial charge in [-0.15, -0.1) is 0 Å². The van der Waals surface area contributed by atoms with Gasteiger partial charge in [-0.25, -0.2) is 0 Å². The van der Waals surface area contributed by atoms with Crippen LogP contribution in [0.2, 0.25) is 0 Å². The highest BCUT2D eigenvalue weighted by molar-refractivity contribution is 7.89. The third kappa shape index (κ3) is 3.21. The average molecular weight is 382 g/mol. The average Bonchev–Trinajstić information content (AvgIpc) is 3.38. The van der Waals surface area contributed by atoms with E-state index >= 15 is 0 Å². The molecule has 0 spiro atoms. The van der Waals surface area contributed by atoms with Crippen molar-refractivity contribution < 1.29 is 17.6 Å². The van der Waals surface area contributed by atoms with Crippen LogP contribution in [0.15, 0.2) is 87.4 Å². The van der Waals surface area contributed by atoms with Crippen molar-refractivity contribution in [2.24, 2.45) is 5.10 Å². The second-order valence-electron chi connectivity index (χ2n) is 6.11. The first kappa shape index (κ1) is 17.4. The minimum absolute atomic E-state index is 0.197. The Morgan fingerprint density at radius 3 is 2.59 bits per heavy atom. The van der Waals surface area contributed by atoms with Gasteiger partial charge in [0.05, 0.1) is 24.3 Å². The molecule has 0 N–H and O–H groups in total. The zero-order valence-electron chi connectivity index (χ0n) is 14.6. The Hall–Kier alpha value is -3.06. The molecule has 3 aromatic rings. The molecular weight excluding hydrogens is 364 g/mol. The lowest BCUT2D eigenvalue weighted by atomic mass is 10.0. The minimum atomic E-state index is -3.82. The van der Waals surface area contributed by atoms with Gasteiger partial charge in [0.2, 0.25) is 0 Å². The molecule has 6 nitrogen and oxygen atoms in total. The van der Waals surface area contributed by atoms with Crippen molar-refractivity contribution in [3.8, 4) is 5.75 Å². The molecule has 1 atom stereocenters. The van der Waals surface area contributed by atoms with Crippen molar-refractivity contribution in [2.75, 3.05) is 7.11 Å². The molecule has 4 rings (SSSR count). The summed E-state index contributed by atoms with van der Waals surface area (Å²) in [7, 11) is -2.24. The van der Waals surface area contributed by atoms with Crippen LogP contribution in [0.3, 0.4) is 0 Å². The minimum Gasteiger partial charge on any atom is -0.497 e. The molecule has 1 aliphatic rings. The van der Waals surface area contributed by atoms with Crippen molar-refractivity contribution in [1.29, 1.82) is 0 Å². The van der Waals surface area contributed by atoms with Crippen LogP contribution in [0, 0.1) is 0 Å². The summed E-state index contributed by atoms with van der Waals surface area (Å²) in [6.45, 7) is 0. The van der Waals surface area contributed by atoms with Gasteiger partial charge in [-0.1, -0.05) is 30.3 Å². The monoisotopic (exact) mass is 382 g/mol. The molecule has 7 heteroatoms. The largest absolute Gasteiger partial charge is 0.497 e. The van der Waals surface area contributed by atoms with Crippen LogP contribution >= 0.6 is 0 Å². The molecule has 0 amide bonds. The van der Waals surface area contributed by atoms with Crippen LogP contribution in [0.25, 0.3) is 0 Å². The maximum atomic E-state index is 13.2. The van der Waals surface area contributed by atoms with Crippen LogP contribution in [0.1, 0.15) is 23.8 Å². The van der Waals surface area contributed by atoms with Gasteiger partial charge in [-0.3, -0.25) is 0 Å². The molecule has 138 valence electrons. The predicted octanol–water partition coefficient (Wildman–Crippen LogP) is 3.83. The maximum absolute atomic E-state index is 13.2. The molecule has 0 aliphatic carbocycles. The van der Waals surface area contributed by atoms with E-state index in [0.717, 1.165) is 5.56 Å². The van der Waals surface area contributed by atoms with E-state index in [2.05, 4.69) is 5.10 Å². The first-order valence-corrected chi connectivity index (χ1v) is 9.88. The van der Waals surface area contributed by atoms with Gasteiger partial charge in [0.1, 0.15) is 17.2 Å². The molecule has 0 saturated carbocycles. The predicted molar refractivity (Wildman–Crippen MR) is 101 cm³/mol. The summed E-state index contributed by atoms with van der Waals surface area (Å²) in [5, 5.41) is 4.42. The van der Waals surface area contributed by atoms with Gasteiger partial charge in [0.25, 0.3) is 10.0 Å². The third-order valence-corrected chi connectivity index (χ3v) is 6.14. The third-order valence-electron chi connectivity index (χ3n) is 4.44. The normalized spacial score (nSPS) is 17.0. The number of benzene rings is 2. The fourth-order valence-electron chi connectivity index (χ4n) is 3.10. The van der Waals surface area contributed by atoms with E-state index in [4.69, 9.17) is 9.15 Å². The number of ether oxygens (including phenoxy) is 1. The van der Waals surface area contributed by atoms with E-state index in [-0.39, 0.29) is 4.90 Å². The van der Waals surface area contributed by atoms with Gasteiger partial charge < -0.3 is 9.15 Å². The van der Waals surface area contributed by atoms with Crippen molar-refractivity contribution in [1.82, 2.24) is 4.41 Å². The van der Waals surface area contributed by atoms with Gasteiger partial charge in [-0.2, -0.15) is 17.9 Å². The Morgan fingerprint density at radius 2 is 1.89 bits per heavy atom. The maximum Gasteiger partial charge on any atom is 0.279 e. The highest BCUT2D eigenvalue weighted by Crippen LogP contribution is 2.38. The Labute approximate surface area is 157 Å². The Kier molecular flexibility index (Phi) is 4.45. The zero-order valence-corrected chi connectivity index (χ0v) is 15.5. The highest BCUT2D eigenvalue weighted by Gasteiger charge is 2.38. The van der Waals surface area contributed by atoms with E-state index in [9.17, 15) is 8.42 Å². The van der Waals surface area contributed by atoms with Crippen molar-refractivity contribution in [3.63, 3.8) is 0 Å². The number of rotatable bonds is 5. The van der Waals surface area contributed by atoms with Crippen molar-refractivity contribution >= 4 is 15.7 Å². The lowest BCUT2D eigenvalue weighted by Gasteiger charge is -2.23. The topological polar surface area (TPSA) is 72.1 Å². The first-order chi connectivity index (χ1) is 13.1. The summed E-state index contributed by atoms with van der Waals surface area (Å²) in [4.78, 5) is 0.197. The molecule has 0 unspecified atom stereocenters. The van der Waals surface area contributed by atoms with E-state index in [1.54, 1.807) is 55.8 Å². The molecule has 2 heterocycles. The van der Waals surface area contributed by atoms with E-state index in [1.807, 2.05) is 24.3 Å². The van der Waals surface area contributed by atoms with Crippen molar-refractivity contribution in [3.05, 3.63) is 84.3 Å². The summed E-state index contributed by atoms with van der Waals surface area (Å²) >= 11 is 0. The lowest BCUT2D eigenvalue weighted by Crippen LogP contribution is -2.27. The highest BCUT2D eigenvalue weighted by atomic mass is 32.2. The van der Waals surface area contributed by atoms with Crippen LogP contribution < -0.4 is 4.74 Å². The fourth-order valence-corrected chi connectivity index (χ4v) is 4.55. The van der Waals surface area contributed by atoms with E-state index in [1.165, 1.54) is 4.41 Å². The summed E-state index contributed by atoms with van der Waals surface area (Å²) in [5.41, 5.74) is 1.39. The molecule has 1 aliphatic heterocycles. The summed E-state index contributed by atoms with van der Waals surface area (Å²) in [5.74, 6) is 1.23. The number of methoxy groups -OCH3 is 1. The fraction of sp³-hybridized carbons (Fsp3) is 0.150. The molecule has 1 aromatic heterocycles. The Morgan fingerprint density at radius 1 is 1.07 bits per heavy atom. The summed E-state index contributed by atoms with van der Waals surface area (Å²) in [6.07, 6.45) is 1.96. The molecule has 27 heavy (non-hydrogen) atoms. The van der Waals surface area contributed by atoms with E-state index < -0.39 is 16.1 Å². The number of hydrogen-bond acceptors (Lipinski definition) is 5. The SMILES string of the molecule is COc1cccc([C@H]2CC(c3ccco3)=NN2S(=O)(=O)c2ccccc2)c1. The molecule has 0 radical (unpaired) electrons. The number of furan rings is 1. The van der Waals surface area contributed by atoms with Gasteiger partial charge in [0.15, 0.2) is 0 Å². The molecular formula is C20H18N2O4S. The lowest BCUT2D eigenvalue weighted by molar-refractivity contribution is 0.368. The summed E-state index contributed by atoms with van der Waals surface area (Å²) < 4.78 is 38.4. The van der Waals surface area contributed by atoms with Gasteiger partial charge in [-0.05, 0) is 42.0 Å². The standard InChI is InChI=1S/C20H18N2O4S/c1-25-16-8-5-7-15(13-16)19-14-18(20-11-6-12-26-20)21-22(19)27(23,24)17-9-3-2-4-10-17/h2-13,19H,14H2,1H3/t19-/m1/s1. The van der Waals surface area contributed by atoms with E-state index in [0.29, 0.717) is 23.6 Å².